The van der Waals surface area contributed by atoms with Crippen LogP contribution in [0.1, 0.15) is 38.2 Å². The molecule has 0 aliphatic heterocycles. The van der Waals surface area contributed by atoms with Gasteiger partial charge < -0.3 is 4.79 Å². The maximum atomic E-state index is 10.6. The van der Waals surface area contributed by atoms with Crippen LogP contribution in [0, 0.1) is 5.92 Å². The normalized spacial score (nSPS) is 12.8. The molecule has 1 nitrogen and oxygen atoms in total. The molecule has 0 spiro atoms. The zero-order valence-electron chi connectivity index (χ0n) is 8.94. The summed E-state index contributed by atoms with van der Waals surface area (Å²) >= 11 is 0. The van der Waals surface area contributed by atoms with Crippen molar-refractivity contribution in [1.29, 1.82) is 0 Å². The van der Waals surface area contributed by atoms with Crippen molar-refractivity contribution in [2.24, 2.45) is 5.92 Å². The average Bonchev–Trinajstić information content (AvgIpc) is 2.18. The Balaban J connectivity index is 2.72. The van der Waals surface area contributed by atoms with Gasteiger partial charge in [-0.1, -0.05) is 44.2 Å². The van der Waals surface area contributed by atoms with Gasteiger partial charge in [0.25, 0.3) is 0 Å². The standard InChI is InChI=1S/C13H18O/c1-11(2)10-13(8-9-14)12-6-4-3-5-7-12/h3-7,9,11,13H,8,10H2,1-2H3/t13-/m1/s1. The third-order valence-corrected chi connectivity index (χ3v) is 2.41. The molecule has 0 bridgehead atoms. The molecule has 0 N–H and O–H groups in total. The molecule has 0 fully saturated rings. The largest absolute Gasteiger partial charge is 0.303 e. The highest BCUT2D eigenvalue weighted by atomic mass is 16.1. The lowest BCUT2D eigenvalue weighted by Gasteiger charge is -2.16. The van der Waals surface area contributed by atoms with Crippen molar-refractivity contribution in [3.63, 3.8) is 0 Å². The van der Waals surface area contributed by atoms with Gasteiger partial charge in [-0.25, -0.2) is 0 Å². The topological polar surface area (TPSA) is 17.1 Å². The number of benzene rings is 1. The fourth-order valence-corrected chi connectivity index (χ4v) is 1.78. The summed E-state index contributed by atoms with van der Waals surface area (Å²) in [6.45, 7) is 4.39. The van der Waals surface area contributed by atoms with E-state index in [0.717, 1.165) is 12.7 Å². The number of hydrogen-bond donors (Lipinski definition) is 0. The number of rotatable bonds is 5. The predicted molar refractivity (Wildman–Crippen MR) is 59.3 cm³/mol. The van der Waals surface area contributed by atoms with Crippen LogP contribution in [0.2, 0.25) is 0 Å². The van der Waals surface area contributed by atoms with Crippen LogP contribution < -0.4 is 0 Å². The molecule has 0 aliphatic carbocycles. The number of hydrogen-bond acceptors (Lipinski definition) is 1. The Morgan fingerprint density at radius 3 is 2.36 bits per heavy atom. The third-order valence-electron chi connectivity index (χ3n) is 2.41. The third kappa shape index (κ3) is 3.33. The molecule has 0 saturated heterocycles. The van der Waals surface area contributed by atoms with Gasteiger partial charge in [0.2, 0.25) is 0 Å². The summed E-state index contributed by atoms with van der Waals surface area (Å²) < 4.78 is 0. The molecule has 14 heavy (non-hydrogen) atoms. The second-order valence-electron chi connectivity index (χ2n) is 4.14. The first-order valence-corrected chi connectivity index (χ1v) is 5.22. The van der Waals surface area contributed by atoms with E-state index in [1.807, 2.05) is 18.2 Å². The van der Waals surface area contributed by atoms with Crippen molar-refractivity contribution in [2.75, 3.05) is 0 Å². The van der Waals surface area contributed by atoms with Crippen molar-refractivity contribution in [1.82, 2.24) is 0 Å². The van der Waals surface area contributed by atoms with Crippen molar-refractivity contribution < 1.29 is 4.79 Å². The zero-order valence-corrected chi connectivity index (χ0v) is 8.94. The lowest BCUT2D eigenvalue weighted by Crippen LogP contribution is -2.03. The van der Waals surface area contributed by atoms with Crippen LogP contribution in [0.25, 0.3) is 0 Å². The lowest BCUT2D eigenvalue weighted by molar-refractivity contribution is -0.108. The minimum absolute atomic E-state index is 0.397. The average molecular weight is 190 g/mol. The van der Waals surface area contributed by atoms with E-state index in [1.165, 1.54) is 5.56 Å². The quantitative estimate of drug-likeness (QED) is 0.650. The minimum atomic E-state index is 0.397. The van der Waals surface area contributed by atoms with Gasteiger partial charge in [0, 0.05) is 6.42 Å². The highest BCUT2D eigenvalue weighted by Gasteiger charge is 2.12. The molecule has 0 amide bonds. The van der Waals surface area contributed by atoms with Gasteiger partial charge in [0.05, 0.1) is 0 Å². The van der Waals surface area contributed by atoms with Crippen molar-refractivity contribution in [3.05, 3.63) is 35.9 Å². The molecule has 1 aromatic carbocycles. The molecule has 76 valence electrons. The van der Waals surface area contributed by atoms with Crippen LogP contribution in [-0.4, -0.2) is 6.29 Å². The van der Waals surface area contributed by atoms with Gasteiger partial charge in [0.15, 0.2) is 0 Å². The maximum absolute atomic E-state index is 10.6. The van der Waals surface area contributed by atoms with Gasteiger partial charge in [-0.2, -0.15) is 0 Å². The first kappa shape index (κ1) is 11.0. The highest BCUT2D eigenvalue weighted by Crippen LogP contribution is 2.25. The van der Waals surface area contributed by atoms with Crippen LogP contribution >= 0.6 is 0 Å². The Hall–Kier alpha value is -1.11. The molecule has 0 heterocycles. The SMILES string of the molecule is CC(C)C[C@@H](CC=O)c1ccccc1. The van der Waals surface area contributed by atoms with Crippen molar-refractivity contribution in [2.45, 2.75) is 32.6 Å². The summed E-state index contributed by atoms with van der Waals surface area (Å²) in [5.74, 6) is 1.04. The van der Waals surface area contributed by atoms with E-state index < -0.39 is 0 Å². The molecule has 0 aliphatic rings. The molecule has 1 heteroatoms. The number of aldehydes is 1. The predicted octanol–water partition coefficient (Wildman–Crippen LogP) is 3.41. The van der Waals surface area contributed by atoms with Crippen LogP contribution in [-0.2, 0) is 4.79 Å². The number of carbonyl (C=O) groups is 1. The smallest absolute Gasteiger partial charge is 0.120 e. The fourth-order valence-electron chi connectivity index (χ4n) is 1.78. The van der Waals surface area contributed by atoms with E-state index in [0.29, 0.717) is 18.3 Å². The van der Waals surface area contributed by atoms with E-state index in [1.54, 1.807) is 0 Å². The van der Waals surface area contributed by atoms with Crippen molar-refractivity contribution >= 4 is 6.29 Å². The summed E-state index contributed by atoms with van der Waals surface area (Å²) in [7, 11) is 0. The van der Waals surface area contributed by atoms with Gasteiger partial charge in [-0.05, 0) is 23.8 Å². The van der Waals surface area contributed by atoms with Crippen LogP contribution in [0.5, 0.6) is 0 Å². The molecular formula is C13H18O. The van der Waals surface area contributed by atoms with E-state index in [9.17, 15) is 4.79 Å². The first-order chi connectivity index (χ1) is 6.74. The lowest BCUT2D eigenvalue weighted by atomic mass is 9.88. The van der Waals surface area contributed by atoms with Gasteiger partial charge in [0.1, 0.15) is 6.29 Å². The summed E-state index contributed by atoms with van der Waals surface area (Å²) in [6, 6.07) is 10.3. The molecule has 0 aromatic heterocycles. The van der Waals surface area contributed by atoms with E-state index >= 15 is 0 Å². The molecule has 1 aromatic rings. The Labute approximate surface area is 86.1 Å². The summed E-state index contributed by atoms with van der Waals surface area (Å²) in [4.78, 5) is 10.6. The second kappa shape index (κ2) is 5.58. The van der Waals surface area contributed by atoms with Crippen LogP contribution in [0.4, 0.5) is 0 Å². The highest BCUT2D eigenvalue weighted by molar-refractivity contribution is 5.51. The van der Waals surface area contributed by atoms with Gasteiger partial charge in [-0.15, -0.1) is 0 Å². The summed E-state index contributed by atoms with van der Waals surface area (Å²) in [5.41, 5.74) is 1.29. The molecule has 1 rings (SSSR count). The Kier molecular flexibility index (Phi) is 4.37. The number of carbonyl (C=O) groups excluding carboxylic acids is 1. The minimum Gasteiger partial charge on any atom is -0.303 e. The molecule has 0 unspecified atom stereocenters. The molecule has 0 saturated carbocycles. The molecular weight excluding hydrogens is 172 g/mol. The second-order valence-corrected chi connectivity index (χ2v) is 4.14. The Bertz CT molecular complexity index is 264. The van der Waals surface area contributed by atoms with Crippen LogP contribution in [0.15, 0.2) is 30.3 Å². The van der Waals surface area contributed by atoms with Gasteiger partial charge in [-0.3, -0.25) is 0 Å². The van der Waals surface area contributed by atoms with E-state index in [2.05, 4.69) is 26.0 Å². The van der Waals surface area contributed by atoms with Crippen LogP contribution in [0.3, 0.4) is 0 Å². The fraction of sp³-hybridized carbons (Fsp3) is 0.462. The summed E-state index contributed by atoms with van der Waals surface area (Å²) in [6.07, 6.45) is 2.75. The van der Waals surface area contributed by atoms with Crippen molar-refractivity contribution in [3.8, 4) is 0 Å². The van der Waals surface area contributed by atoms with E-state index in [-0.39, 0.29) is 0 Å². The molecule has 0 radical (unpaired) electrons. The molecule has 1 atom stereocenters. The van der Waals surface area contributed by atoms with E-state index in [4.69, 9.17) is 0 Å². The van der Waals surface area contributed by atoms with Gasteiger partial charge >= 0.3 is 0 Å². The maximum Gasteiger partial charge on any atom is 0.120 e. The monoisotopic (exact) mass is 190 g/mol. The Morgan fingerprint density at radius 1 is 1.21 bits per heavy atom. The Morgan fingerprint density at radius 2 is 1.86 bits per heavy atom. The summed E-state index contributed by atoms with van der Waals surface area (Å²) in [5, 5.41) is 0. The zero-order chi connectivity index (χ0) is 10.4. The first-order valence-electron chi connectivity index (χ1n) is 5.22.